The van der Waals surface area contributed by atoms with E-state index >= 15 is 0 Å². The molecule has 0 fully saturated rings. The van der Waals surface area contributed by atoms with E-state index < -0.39 is 0 Å². The smallest absolute Gasteiger partial charge is 0.162 e. The molecule has 0 radical (unpaired) electrons. The van der Waals surface area contributed by atoms with Crippen LogP contribution in [0.1, 0.15) is 5.69 Å². The first-order valence-electron chi connectivity index (χ1n) is 8.12. The molecule has 0 atom stereocenters. The molecule has 0 saturated carbocycles. The Morgan fingerprint density at radius 2 is 2.07 bits per heavy atom. The number of ether oxygens (including phenoxy) is 2. The van der Waals surface area contributed by atoms with Crippen LogP contribution in [0.15, 0.2) is 67.1 Å². The highest BCUT2D eigenvalue weighted by Gasteiger charge is 2.15. The molecule has 138 valence electrons. The number of hydrogen-bond acceptors (Lipinski definition) is 5. The Bertz CT molecular complexity index is 1020. The maximum atomic E-state index is 5.66. The molecule has 0 amide bonds. The average molecular weight is 383 g/mol. The van der Waals surface area contributed by atoms with Crippen molar-refractivity contribution in [2.24, 2.45) is 0 Å². The third kappa shape index (κ3) is 3.80. The molecule has 0 aliphatic heterocycles. The lowest BCUT2D eigenvalue weighted by molar-refractivity contribution is 0.355. The molecule has 2 aromatic heterocycles. The number of imidazole rings is 1. The van der Waals surface area contributed by atoms with Gasteiger partial charge in [-0.25, -0.2) is 4.98 Å². The van der Waals surface area contributed by atoms with Gasteiger partial charge in [0, 0.05) is 35.3 Å². The van der Waals surface area contributed by atoms with Crippen molar-refractivity contribution < 1.29 is 9.47 Å². The van der Waals surface area contributed by atoms with E-state index in [1.54, 1.807) is 38.8 Å². The number of rotatable bonds is 7. The average Bonchev–Trinajstić information content (AvgIpc) is 3.07. The Hall–Kier alpha value is -3.25. The summed E-state index contributed by atoms with van der Waals surface area (Å²) in [6.07, 6.45) is 10.5. The highest BCUT2D eigenvalue weighted by atomic mass is 35.5. The Morgan fingerprint density at radius 1 is 1.26 bits per heavy atom. The van der Waals surface area contributed by atoms with E-state index in [9.17, 15) is 0 Å². The Kier molecular flexibility index (Phi) is 5.78. The van der Waals surface area contributed by atoms with Gasteiger partial charge in [-0.3, -0.25) is 9.38 Å². The van der Waals surface area contributed by atoms with E-state index in [1.165, 1.54) is 5.54 Å². The van der Waals surface area contributed by atoms with E-state index in [1.807, 2.05) is 34.9 Å². The summed E-state index contributed by atoms with van der Waals surface area (Å²) in [5.41, 5.74) is 4.51. The fourth-order valence-electron chi connectivity index (χ4n) is 2.66. The first-order chi connectivity index (χ1) is 13.2. The predicted molar refractivity (Wildman–Crippen MR) is 109 cm³/mol. The summed E-state index contributed by atoms with van der Waals surface area (Å²) in [6, 6.07) is 5.60. The minimum atomic E-state index is 0.629. The van der Waals surface area contributed by atoms with Gasteiger partial charge < -0.3 is 14.8 Å². The maximum Gasteiger partial charge on any atom is 0.162 e. The summed E-state index contributed by atoms with van der Waals surface area (Å²) < 4.78 is 12.6. The van der Waals surface area contributed by atoms with Crippen molar-refractivity contribution in [3.8, 4) is 11.5 Å². The van der Waals surface area contributed by atoms with Gasteiger partial charge in [0.05, 0.1) is 20.4 Å². The third-order valence-electron chi connectivity index (χ3n) is 3.92. The van der Waals surface area contributed by atoms with Crippen LogP contribution in [-0.4, -0.2) is 28.6 Å². The lowest BCUT2D eigenvalue weighted by Crippen LogP contribution is -1.99. The summed E-state index contributed by atoms with van der Waals surface area (Å²) in [5, 5.41) is 3.40. The number of allylic oxidation sites excluding steroid dienone is 4. The Labute approximate surface area is 162 Å². The molecule has 0 spiro atoms. The molecule has 3 aromatic rings. The molecule has 6 nitrogen and oxygen atoms in total. The fourth-order valence-corrected chi connectivity index (χ4v) is 2.73. The first-order valence-corrected chi connectivity index (χ1v) is 8.56. The van der Waals surface area contributed by atoms with Gasteiger partial charge in [-0.2, -0.15) is 0 Å². The summed E-state index contributed by atoms with van der Waals surface area (Å²) in [4.78, 5) is 8.82. The zero-order chi connectivity index (χ0) is 19.2. The van der Waals surface area contributed by atoms with Crippen molar-refractivity contribution in [3.05, 3.63) is 72.8 Å². The highest BCUT2D eigenvalue weighted by molar-refractivity contribution is 6.25. The van der Waals surface area contributed by atoms with Crippen molar-refractivity contribution in [2.45, 2.75) is 0 Å². The van der Waals surface area contributed by atoms with Gasteiger partial charge in [0.1, 0.15) is 11.5 Å². The van der Waals surface area contributed by atoms with Gasteiger partial charge in [-0.05, 0) is 12.1 Å². The van der Waals surface area contributed by atoms with Crippen LogP contribution in [0, 0.1) is 0 Å². The lowest BCUT2D eigenvalue weighted by atomic mass is 10.1. The van der Waals surface area contributed by atoms with Crippen LogP contribution >= 0.6 is 11.6 Å². The van der Waals surface area contributed by atoms with Crippen molar-refractivity contribution in [2.75, 3.05) is 19.5 Å². The fraction of sp³-hybridized carbons (Fsp3) is 0.100. The van der Waals surface area contributed by atoms with Crippen LogP contribution in [0.25, 0.3) is 11.2 Å². The maximum absolute atomic E-state index is 5.66. The van der Waals surface area contributed by atoms with Crippen molar-refractivity contribution >= 4 is 34.3 Å². The van der Waals surface area contributed by atoms with E-state index in [4.69, 9.17) is 21.1 Å². The van der Waals surface area contributed by atoms with E-state index in [0.717, 1.165) is 22.8 Å². The number of hydrogen-bond donors (Lipinski definition) is 1. The number of fused-ring (bicyclic) bond motifs is 1. The quantitative estimate of drug-likeness (QED) is 0.594. The van der Waals surface area contributed by atoms with Crippen molar-refractivity contribution in [1.29, 1.82) is 0 Å². The zero-order valence-electron chi connectivity index (χ0n) is 15.0. The number of benzene rings is 1. The number of nitrogens with zero attached hydrogens (tertiary/aromatic N) is 3. The summed E-state index contributed by atoms with van der Waals surface area (Å²) >= 11 is 5.66. The molecule has 0 saturated heterocycles. The van der Waals surface area contributed by atoms with Crippen LogP contribution in [-0.2, 0) is 0 Å². The van der Waals surface area contributed by atoms with Crippen molar-refractivity contribution in [3.63, 3.8) is 0 Å². The first kappa shape index (κ1) is 18.5. The Morgan fingerprint density at radius 3 is 2.78 bits per heavy atom. The van der Waals surface area contributed by atoms with Crippen LogP contribution in [0.5, 0.6) is 11.5 Å². The van der Waals surface area contributed by atoms with Crippen LogP contribution in [0.4, 0.5) is 11.5 Å². The van der Waals surface area contributed by atoms with Gasteiger partial charge in [0.2, 0.25) is 0 Å². The molecular weight excluding hydrogens is 364 g/mol. The molecule has 1 aromatic carbocycles. The molecule has 7 heteroatoms. The minimum Gasteiger partial charge on any atom is -0.493 e. The normalized spacial score (nSPS) is 11.7. The molecule has 0 unspecified atom stereocenters. The standard InChI is InChI=1S/C20H19ClN4O2/c1-4-14(6-5-9-21)19-20(25-11-10-22-13-18(25)24-19)23-15-7-8-16(26-2)17(12-15)27-3/h4-13,23H,1H2,2-3H3/b9-5+,14-6+. The summed E-state index contributed by atoms with van der Waals surface area (Å²) in [5.74, 6) is 2.06. The SMILES string of the molecule is C=C/C(=C\C=C\Cl)c1nc2cnccn2c1Nc1ccc(OC)c(OC)c1. The number of aromatic nitrogens is 3. The summed E-state index contributed by atoms with van der Waals surface area (Å²) in [6.45, 7) is 3.88. The molecule has 0 bridgehead atoms. The van der Waals surface area contributed by atoms with Crippen LogP contribution < -0.4 is 14.8 Å². The van der Waals surface area contributed by atoms with Gasteiger partial charge in [0.15, 0.2) is 17.1 Å². The third-order valence-corrected chi connectivity index (χ3v) is 4.06. The minimum absolute atomic E-state index is 0.629. The second kappa shape index (κ2) is 8.42. The molecule has 27 heavy (non-hydrogen) atoms. The largest absolute Gasteiger partial charge is 0.493 e. The highest BCUT2D eigenvalue weighted by Crippen LogP contribution is 2.33. The van der Waals surface area contributed by atoms with E-state index in [0.29, 0.717) is 17.1 Å². The van der Waals surface area contributed by atoms with Gasteiger partial charge >= 0.3 is 0 Å². The molecule has 1 N–H and O–H groups in total. The monoisotopic (exact) mass is 382 g/mol. The molecule has 0 aliphatic carbocycles. The molecule has 2 heterocycles. The van der Waals surface area contributed by atoms with Gasteiger partial charge in [-0.15, -0.1) is 0 Å². The summed E-state index contributed by atoms with van der Waals surface area (Å²) in [7, 11) is 3.20. The Balaban J connectivity index is 2.13. The number of anilines is 2. The lowest BCUT2D eigenvalue weighted by Gasteiger charge is -2.12. The second-order valence-corrected chi connectivity index (χ2v) is 5.70. The van der Waals surface area contributed by atoms with Gasteiger partial charge in [-0.1, -0.05) is 36.4 Å². The number of methoxy groups -OCH3 is 2. The second-order valence-electron chi connectivity index (χ2n) is 5.45. The molecule has 3 rings (SSSR count). The number of nitrogens with one attached hydrogen (secondary N) is 1. The predicted octanol–water partition coefficient (Wildman–Crippen LogP) is 4.81. The zero-order valence-corrected chi connectivity index (χ0v) is 15.8. The van der Waals surface area contributed by atoms with Crippen LogP contribution in [0.2, 0.25) is 0 Å². The number of halogens is 1. The van der Waals surface area contributed by atoms with Crippen LogP contribution in [0.3, 0.4) is 0 Å². The molecular formula is C20H19ClN4O2. The van der Waals surface area contributed by atoms with E-state index in [-0.39, 0.29) is 0 Å². The van der Waals surface area contributed by atoms with Crippen molar-refractivity contribution in [1.82, 2.24) is 14.4 Å². The van der Waals surface area contributed by atoms with E-state index in [2.05, 4.69) is 21.9 Å². The van der Waals surface area contributed by atoms with Gasteiger partial charge in [0.25, 0.3) is 0 Å². The molecule has 0 aliphatic rings. The topological polar surface area (TPSA) is 60.7 Å².